The van der Waals surface area contributed by atoms with Gasteiger partial charge in [0.25, 0.3) is 5.56 Å². The van der Waals surface area contributed by atoms with Crippen LogP contribution in [0.5, 0.6) is 0 Å². The van der Waals surface area contributed by atoms with Gasteiger partial charge in [0.05, 0.1) is 6.20 Å². The predicted molar refractivity (Wildman–Crippen MR) is 87.9 cm³/mol. The minimum absolute atomic E-state index is 0.0338. The molecule has 1 fully saturated rings. The summed E-state index contributed by atoms with van der Waals surface area (Å²) in [6.45, 7) is 1.48. The van der Waals surface area contributed by atoms with Crippen molar-refractivity contribution in [2.45, 2.75) is 25.8 Å². The number of nitrogens with one attached hydrogen (secondary N) is 1. The third-order valence-corrected chi connectivity index (χ3v) is 4.57. The summed E-state index contributed by atoms with van der Waals surface area (Å²) in [5.41, 5.74) is 0.153. The van der Waals surface area contributed by atoms with E-state index in [0.717, 1.165) is 6.20 Å². The molecule has 5 nitrogen and oxygen atoms in total. The molecule has 0 aliphatic carbocycles. The Hall–Kier alpha value is -2.41. The first-order valence-corrected chi connectivity index (χ1v) is 8.25. The third kappa shape index (κ3) is 4.36. The highest BCUT2D eigenvalue weighted by atomic mass is 19.1. The molecule has 0 saturated carbocycles. The average Bonchev–Trinajstić information content (AvgIpc) is 2.61. The average molecular weight is 347 g/mol. The Morgan fingerprint density at radius 3 is 2.68 bits per heavy atom. The molecule has 2 aromatic rings. The summed E-state index contributed by atoms with van der Waals surface area (Å²) >= 11 is 0. The van der Waals surface area contributed by atoms with Crippen molar-refractivity contribution in [3.05, 3.63) is 63.8 Å². The fourth-order valence-electron chi connectivity index (χ4n) is 3.13. The van der Waals surface area contributed by atoms with Crippen LogP contribution in [0.1, 0.15) is 24.1 Å². The molecule has 2 heterocycles. The van der Waals surface area contributed by atoms with Crippen molar-refractivity contribution >= 4 is 5.78 Å². The van der Waals surface area contributed by atoms with Crippen molar-refractivity contribution in [1.82, 2.24) is 14.9 Å². The van der Waals surface area contributed by atoms with Gasteiger partial charge in [0.15, 0.2) is 0 Å². The van der Waals surface area contributed by atoms with Gasteiger partial charge in [-0.2, -0.15) is 4.39 Å². The Labute approximate surface area is 143 Å². The zero-order valence-corrected chi connectivity index (χ0v) is 13.7. The number of piperidine rings is 1. The Morgan fingerprint density at radius 2 is 1.96 bits per heavy atom. The maximum Gasteiger partial charge on any atom is 0.271 e. The lowest BCUT2D eigenvalue weighted by atomic mass is 9.89. The maximum atomic E-state index is 13.7. The zero-order valence-electron chi connectivity index (χ0n) is 13.7. The van der Waals surface area contributed by atoms with Gasteiger partial charge < -0.3 is 4.98 Å². The Kier molecular flexibility index (Phi) is 5.33. The van der Waals surface area contributed by atoms with Gasteiger partial charge in [-0.05, 0) is 37.6 Å². The molecule has 0 radical (unpaired) electrons. The topological polar surface area (TPSA) is 66.1 Å². The van der Waals surface area contributed by atoms with Gasteiger partial charge in [0.2, 0.25) is 5.95 Å². The largest absolute Gasteiger partial charge is 0.323 e. The van der Waals surface area contributed by atoms with Crippen molar-refractivity contribution in [2.24, 2.45) is 5.92 Å². The fraction of sp³-hybridized carbons (Fsp3) is 0.389. The maximum absolute atomic E-state index is 13.7. The lowest BCUT2D eigenvalue weighted by molar-refractivity contribution is -0.123. The number of Topliss-reactive ketones (excluding diaryl/α,β-unsaturated/α-hetero) is 1. The van der Waals surface area contributed by atoms with E-state index >= 15 is 0 Å². The molecule has 0 unspecified atom stereocenters. The number of benzene rings is 1. The molecule has 3 rings (SSSR count). The second-order valence-corrected chi connectivity index (χ2v) is 6.28. The van der Waals surface area contributed by atoms with Crippen LogP contribution in [0, 0.1) is 17.7 Å². The number of ketones is 1. The van der Waals surface area contributed by atoms with Crippen LogP contribution in [0.25, 0.3) is 0 Å². The van der Waals surface area contributed by atoms with Crippen LogP contribution in [0.3, 0.4) is 0 Å². The van der Waals surface area contributed by atoms with Crippen LogP contribution >= 0.6 is 0 Å². The highest BCUT2D eigenvalue weighted by Crippen LogP contribution is 2.21. The number of aromatic nitrogens is 2. The van der Waals surface area contributed by atoms with E-state index in [2.05, 4.69) is 9.97 Å². The van der Waals surface area contributed by atoms with E-state index < -0.39 is 11.5 Å². The minimum Gasteiger partial charge on any atom is -0.323 e. The molecule has 132 valence electrons. The van der Waals surface area contributed by atoms with Crippen LogP contribution in [0.15, 0.2) is 35.3 Å². The van der Waals surface area contributed by atoms with Crippen LogP contribution in [-0.4, -0.2) is 33.7 Å². The summed E-state index contributed by atoms with van der Waals surface area (Å²) in [4.78, 5) is 31.9. The van der Waals surface area contributed by atoms with E-state index in [1.807, 2.05) is 4.90 Å². The Balaban J connectivity index is 1.55. The smallest absolute Gasteiger partial charge is 0.271 e. The van der Waals surface area contributed by atoms with Crippen molar-refractivity contribution in [2.75, 3.05) is 13.1 Å². The van der Waals surface area contributed by atoms with Crippen LogP contribution in [0.2, 0.25) is 0 Å². The second-order valence-electron chi connectivity index (χ2n) is 6.28. The molecule has 1 saturated heterocycles. The molecular formula is C18H19F2N3O2. The Bertz CT molecular complexity index is 814. The molecule has 0 amide bonds. The molecule has 1 N–H and O–H groups in total. The lowest BCUT2D eigenvalue weighted by Crippen LogP contribution is -2.38. The number of hydrogen-bond donors (Lipinski definition) is 1. The number of nitrogens with zero attached hydrogens (tertiary/aromatic N) is 2. The summed E-state index contributed by atoms with van der Waals surface area (Å²) < 4.78 is 26.8. The van der Waals surface area contributed by atoms with E-state index in [4.69, 9.17) is 0 Å². The minimum atomic E-state index is -0.718. The van der Waals surface area contributed by atoms with Gasteiger partial charge in [-0.3, -0.25) is 14.5 Å². The summed E-state index contributed by atoms with van der Waals surface area (Å²) in [6, 6.07) is 6.31. The van der Waals surface area contributed by atoms with Gasteiger partial charge in [0, 0.05) is 18.9 Å². The van der Waals surface area contributed by atoms with Crippen LogP contribution in [-0.2, 0) is 17.8 Å². The van der Waals surface area contributed by atoms with E-state index in [-0.39, 0.29) is 36.2 Å². The summed E-state index contributed by atoms with van der Waals surface area (Å²) in [5, 5.41) is 0. The van der Waals surface area contributed by atoms with Gasteiger partial charge in [0.1, 0.15) is 17.3 Å². The Morgan fingerprint density at radius 1 is 1.24 bits per heavy atom. The van der Waals surface area contributed by atoms with E-state index in [0.29, 0.717) is 31.5 Å². The number of rotatable bonds is 5. The molecular weight excluding hydrogens is 328 g/mol. The first-order valence-electron chi connectivity index (χ1n) is 8.25. The van der Waals surface area contributed by atoms with Crippen molar-refractivity contribution < 1.29 is 13.6 Å². The fourth-order valence-corrected chi connectivity index (χ4v) is 3.13. The molecule has 1 aliphatic heterocycles. The molecule has 1 aromatic heterocycles. The number of likely N-dealkylation sites (tertiary alicyclic amines) is 1. The highest BCUT2D eigenvalue weighted by Gasteiger charge is 2.26. The van der Waals surface area contributed by atoms with Crippen molar-refractivity contribution in [3.63, 3.8) is 0 Å². The SMILES string of the molecule is O=C(Cc1ccccc1F)C1CCN(Cc2nc(F)c[nH]c2=O)CC1. The van der Waals surface area contributed by atoms with Gasteiger partial charge in [-0.15, -0.1) is 0 Å². The first-order chi connectivity index (χ1) is 12.0. The van der Waals surface area contributed by atoms with Gasteiger partial charge in [-0.1, -0.05) is 18.2 Å². The standard InChI is InChI=1S/C18H19F2N3O2/c19-14-4-2-1-3-13(14)9-16(24)12-5-7-23(8-6-12)11-15-18(25)21-10-17(20)22-15/h1-4,10,12H,5-9,11H2,(H,21,25). The molecule has 7 heteroatoms. The van der Waals surface area contributed by atoms with E-state index in [1.165, 1.54) is 6.07 Å². The number of carbonyl (C=O) groups is 1. The van der Waals surface area contributed by atoms with Crippen molar-refractivity contribution in [3.8, 4) is 0 Å². The highest BCUT2D eigenvalue weighted by molar-refractivity contribution is 5.83. The van der Waals surface area contributed by atoms with Crippen LogP contribution in [0.4, 0.5) is 8.78 Å². The zero-order chi connectivity index (χ0) is 17.8. The number of carbonyl (C=O) groups excluding carboxylic acids is 1. The number of aromatic amines is 1. The number of H-pyrrole nitrogens is 1. The first kappa shape index (κ1) is 17.4. The van der Waals surface area contributed by atoms with Crippen molar-refractivity contribution in [1.29, 1.82) is 0 Å². The van der Waals surface area contributed by atoms with Gasteiger partial charge in [-0.25, -0.2) is 9.37 Å². The number of halogens is 2. The monoisotopic (exact) mass is 347 g/mol. The molecule has 0 bridgehead atoms. The van der Waals surface area contributed by atoms with E-state index in [9.17, 15) is 18.4 Å². The number of hydrogen-bond acceptors (Lipinski definition) is 4. The molecule has 25 heavy (non-hydrogen) atoms. The lowest BCUT2D eigenvalue weighted by Gasteiger charge is -2.30. The van der Waals surface area contributed by atoms with Crippen LogP contribution < -0.4 is 5.56 Å². The van der Waals surface area contributed by atoms with E-state index in [1.54, 1.807) is 18.2 Å². The molecule has 1 aliphatic rings. The summed E-state index contributed by atoms with van der Waals surface area (Å²) in [7, 11) is 0. The second kappa shape index (κ2) is 7.65. The third-order valence-electron chi connectivity index (χ3n) is 4.57. The molecule has 0 spiro atoms. The summed E-state index contributed by atoms with van der Waals surface area (Å²) in [6.07, 6.45) is 2.31. The normalized spacial score (nSPS) is 16.1. The molecule has 1 aromatic carbocycles. The van der Waals surface area contributed by atoms with Gasteiger partial charge >= 0.3 is 0 Å². The quantitative estimate of drug-likeness (QED) is 0.899. The summed E-state index contributed by atoms with van der Waals surface area (Å²) in [5.74, 6) is -1.16. The molecule has 0 atom stereocenters. The predicted octanol–water partition coefficient (Wildman–Crippen LogP) is 2.07.